The molecule has 0 radical (unpaired) electrons. The number of fused-ring (bicyclic) bond motifs is 1. The minimum absolute atomic E-state index is 0.133. The van der Waals surface area contributed by atoms with Gasteiger partial charge in [-0.05, 0) is 76.0 Å². The standard InChI is InChI=1S/C38H36BNS/c1-25-21-27(3)35(28(4)22-25)39(36-29(5)23-26(2)24-30(36)6)37-33-19-13-14-20-34(33)38(41-37)40(31-15-9-7-10-16-31)32-17-11-8-12-18-32/h7-24H,1-6H3. The first-order valence-corrected chi connectivity index (χ1v) is 15.2. The first-order valence-electron chi connectivity index (χ1n) is 14.4. The van der Waals surface area contributed by atoms with E-state index in [9.17, 15) is 0 Å². The molecule has 0 unspecified atom stereocenters. The number of thiophene rings is 1. The van der Waals surface area contributed by atoms with Gasteiger partial charge in [0.1, 0.15) is 5.00 Å². The third-order valence-corrected chi connectivity index (χ3v) is 9.45. The lowest BCUT2D eigenvalue weighted by molar-refractivity contribution is 1.33. The maximum atomic E-state index is 2.43. The van der Waals surface area contributed by atoms with E-state index in [0.29, 0.717) is 0 Å². The molecule has 1 nitrogen and oxygen atoms in total. The van der Waals surface area contributed by atoms with E-state index in [1.165, 1.54) is 76.2 Å². The van der Waals surface area contributed by atoms with E-state index < -0.39 is 0 Å². The van der Waals surface area contributed by atoms with Crippen molar-refractivity contribution in [1.82, 2.24) is 0 Å². The Hall–Kier alpha value is -4.08. The van der Waals surface area contributed by atoms with Crippen LogP contribution in [-0.2, 0) is 0 Å². The van der Waals surface area contributed by atoms with Gasteiger partial charge in [-0.3, -0.25) is 0 Å². The first-order chi connectivity index (χ1) is 19.8. The number of benzene rings is 5. The molecule has 0 aliphatic heterocycles. The van der Waals surface area contributed by atoms with Crippen molar-refractivity contribution in [2.75, 3.05) is 4.90 Å². The predicted octanol–water partition coefficient (Wildman–Crippen LogP) is 8.74. The highest BCUT2D eigenvalue weighted by Gasteiger charge is 2.33. The van der Waals surface area contributed by atoms with Crippen molar-refractivity contribution in [2.24, 2.45) is 0 Å². The zero-order valence-electron chi connectivity index (χ0n) is 24.8. The van der Waals surface area contributed by atoms with Gasteiger partial charge in [-0.15, -0.1) is 11.3 Å². The molecule has 0 atom stereocenters. The highest BCUT2D eigenvalue weighted by molar-refractivity contribution is 7.32. The summed E-state index contributed by atoms with van der Waals surface area (Å²) in [5.74, 6) is 0. The number of para-hydroxylation sites is 2. The third kappa shape index (κ3) is 5.00. The second-order valence-corrected chi connectivity index (χ2v) is 12.4. The fraction of sp³-hybridized carbons (Fsp3) is 0.158. The van der Waals surface area contributed by atoms with E-state index in [-0.39, 0.29) is 6.71 Å². The van der Waals surface area contributed by atoms with Crippen molar-refractivity contribution in [3.63, 3.8) is 0 Å². The van der Waals surface area contributed by atoms with Gasteiger partial charge in [-0.2, -0.15) is 0 Å². The van der Waals surface area contributed by atoms with E-state index in [2.05, 4.69) is 156 Å². The number of anilines is 3. The van der Waals surface area contributed by atoms with Crippen molar-refractivity contribution in [1.29, 1.82) is 0 Å². The third-order valence-electron chi connectivity index (χ3n) is 8.18. The van der Waals surface area contributed by atoms with Gasteiger partial charge in [0.15, 0.2) is 0 Å². The van der Waals surface area contributed by atoms with E-state index in [1.807, 2.05) is 11.3 Å². The number of rotatable bonds is 6. The van der Waals surface area contributed by atoms with Gasteiger partial charge in [-0.25, -0.2) is 0 Å². The maximum absolute atomic E-state index is 2.43. The molecule has 0 saturated carbocycles. The lowest BCUT2D eigenvalue weighted by Crippen LogP contribution is -2.55. The Morgan fingerprint density at radius 2 is 0.878 bits per heavy atom. The Morgan fingerprint density at radius 1 is 0.488 bits per heavy atom. The van der Waals surface area contributed by atoms with Crippen LogP contribution < -0.4 is 20.6 Å². The molecule has 1 aromatic heterocycles. The SMILES string of the molecule is Cc1cc(C)c(B(c2c(C)cc(C)cc2C)c2sc(N(c3ccccc3)c3ccccc3)c3ccccc23)c(C)c1. The Kier molecular flexibility index (Phi) is 7.32. The average molecular weight is 550 g/mol. The highest BCUT2D eigenvalue weighted by Crippen LogP contribution is 2.42. The molecular formula is C38H36BNS. The van der Waals surface area contributed by atoms with E-state index in [1.54, 1.807) is 0 Å². The van der Waals surface area contributed by atoms with Gasteiger partial charge in [-0.1, -0.05) is 129 Å². The molecule has 1 heterocycles. The molecule has 202 valence electrons. The molecular weight excluding hydrogens is 513 g/mol. The predicted molar refractivity (Wildman–Crippen MR) is 182 cm³/mol. The van der Waals surface area contributed by atoms with Crippen LogP contribution in [0.2, 0.25) is 0 Å². The van der Waals surface area contributed by atoms with Crippen LogP contribution in [0.3, 0.4) is 0 Å². The fourth-order valence-electron chi connectivity index (χ4n) is 6.72. The summed E-state index contributed by atoms with van der Waals surface area (Å²) < 4.78 is 1.40. The van der Waals surface area contributed by atoms with Gasteiger partial charge >= 0.3 is 0 Å². The maximum Gasteiger partial charge on any atom is 0.255 e. The van der Waals surface area contributed by atoms with Gasteiger partial charge < -0.3 is 4.90 Å². The van der Waals surface area contributed by atoms with Gasteiger partial charge in [0.25, 0.3) is 6.71 Å². The summed E-state index contributed by atoms with van der Waals surface area (Å²) in [6, 6.07) is 39.9. The second kappa shape index (κ2) is 11.1. The molecule has 0 fully saturated rings. The molecule has 0 aliphatic rings. The Bertz CT molecular complexity index is 1710. The number of hydrogen-bond donors (Lipinski definition) is 0. The van der Waals surface area contributed by atoms with Crippen LogP contribution in [0, 0.1) is 41.5 Å². The van der Waals surface area contributed by atoms with Crippen LogP contribution in [-0.4, -0.2) is 6.71 Å². The smallest absolute Gasteiger partial charge is 0.255 e. The molecule has 5 aromatic carbocycles. The molecule has 0 saturated heterocycles. The van der Waals surface area contributed by atoms with Gasteiger partial charge in [0.2, 0.25) is 0 Å². The summed E-state index contributed by atoms with van der Waals surface area (Å²) in [6.45, 7) is 13.7. The molecule has 0 aliphatic carbocycles. The van der Waals surface area contributed by atoms with Crippen molar-refractivity contribution in [2.45, 2.75) is 41.5 Å². The molecule has 0 amide bonds. The summed E-state index contributed by atoms with van der Waals surface area (Å²) in [7, 11) is 0. The first kappa shape index (κ1) is 27.1. The molecule has 0 N–H and O–H groups in total. The summed E-state index contributed by atoms with van der Waals surface area (Å²) in [4.78, 5) is 2.43. The van der Waals surface area contributed by atoms with Crippen LogP contribution in [0.5, 0.6) is 0 Å². The summed E-state index contributed by atoms with van der Waals surface area (Å²) >= 11 is 1.94. The quantitative estimate of drug-likeness (QED) is 0.188. The van der Waals surface area contributed by atoms with Crippen molar-refractivity contribution in [3.8, 4) is 0 Å². The lowest BCUT2D eigenvalue weighted by atomic mass is 9.36. The topological polar surface area (TPSA) is 3.24 Å². The molecule has 3 heteroatoms. The Morgan fingerprint density at radius 3 is 1.32 bits per heavy atom. The monoisotopic (exact) mass is 549 g/mol. The summed E-state index contributed by atoms with van der Waals surface area (Å²) in [6.07, 6.45) is 0. The number of hydrogen-bond acceptors (Lipinski definition) is 2. The van der Waals surface area contributed by atoms with E-state index >= 15 is 0 Å². The fourth-order valence-corrected chi connectivity index (χ4v) is 8.16. The molecule has 41 heavy (non-hydrogen) atoms. The minimum atomic E-state index is 0.133. The van der Waals surface area contributed by atoms with Crippen LogP contribution in [0.4, 0.5) is 16.4 Å². The average Bonchev–Trinajstić information content (AvgIpc) is 3.31. The van der Waals surface area contributed by atoms with E-state index in [0.717, 1.165) is 0 Å². The van der Waals surface area contributed by atoms with Crippen LogP contribution in [0.15, 0.2) is 109 Å². The van der Waals surface area contributed by atoms with Crippen LogP contribution in [0.1, 0.15) is 33.4 Å². The molecule has 6 aromatic rings. The second-order valence-electron chi connectivity index (χ2n) is 11.4. The summed E-state index contributed by atoms with van der Waals surface area (Å²) in [5.41, 5.74) is 13.2. The lowest BCUT2D eigenvalue weighted by Gasteiger charge is -2.25. The van der Waals surface area contributed by atoms with Crippen molar-refractivity contribution in [3.05, 3.63) is 143 Å². The number of aryl methyl sites for hydroxylation is 6. The Balaban J connectivity index is 1.70. The van der Waals surface area contributed by atoms with Gasteiger partial charge in [0.05, 0.1) is 0 Å². The zero-order chi connectivity index (χ0) is 28.7. The van der Waals surface area contributed by atoms with Gasteiger partial charge in [0, 0.05) is 16.8 Å². The van der Waals surface area contributed by atoms with E-state index in [4.69, 9.17) is 0 Å². The van der Waals surface area contributed by atoms with Crippen LogP contribution in [0.25, 0.3) is 10.8 Å². The van der Waals surface area contributed by atoms with Crippen molar-refractivity contribution >= 4 is 60.9 Å². The minimum Gasteiger partial charge on any atom is -0.301 e. The summed E-state index contributed by atoms with van der Waals surface area (Å²) in [5, 5.41) is 3.87. The zero-order valence-corrected chi connectivity index (χ0v) is 25.6. The normalized spacial score (nSPS) is 11.2. The molecule has 6 rings (SSSR count). The number of nitrogens with zero attached hydrogens (tertiary/aromatic N) is 1. The molecule has 0 spiro atoms. The van der Waals surface area contributed by atoms with Crippen molar-refractivity contribution < 1.29 is 0 Å². The Labute approximate surface area is 249 Å². The highest BCUT2D eigenvalue weighted by atomic mass is 32.1. The largest absolute Gasteiger partial charge is 0.301 e. The molecule has 0 bridgehead atoms. The van der Waals surface area contributed by atoms with Crippen LogP contribution >= 0.6 is 11.3 Å².